The number of aromatic nitrogens is 2. The first kappa shape index (κ1) is 12.4. The molecule has 1 aromatic heterocycles. The van der Waals surface area contributed by atoms with E-state index >= 15 is 0 Å². The fourth-order valence-corrected chi connectivity index (χ4v) is 2.11. The van der Waals surface area contributed by atoms with Crippen molar-refractivity contribution < 1.29 is 13.5 Å². The summed E-state index contributed by atoms with van der Waals surface area (Å²) in [7, 11) is 1.48. The van der Waals surface area contributed by atoms with Crippen LogP contribution in [0.1, 0.15) is 0 Å². The minimum absolute atomic E-state index is 0.0813. The van der Waals surface area contributed by atoms with Crippen LogP contribution in [-0.4, -0.2) is 16.7 Å². The Morgan fingerprint density at radius 3 is 2.70 bits per heavy atom. The minimum atomic E-state index is -0.499. The maximum Gasteiger partial charge on any atom is 0.206 e. The van der Waals surface area contributed by atoms with Gasteiger partial charge < -0.3 is 10.5 Å². The average molecular weight is 275 g/mol. The van der Waals surface area contributed by atoms with E-state index in [-0.39, 0.29) is 11.6 Å². The third-order valence-electron chi connectivity index (χ3n) is 3.04. The van der Waals surface area contributed by atoms with Gasteiger partial charge in [-0.1, -0.05) is 0 Å². The molecule has 2 aromatic carbocycles. The molecule has 3 rings (SSSR count). The Morgan fingerprint density at radius 2 is 1.95 bits per heavy atom. The highest BCUT2D eigenvalue weighted by Crippen LogP contribution is 2.27. The van der Waals surface area contributed by atoms with Crippen molar-refractivity contribution >= 4 is 17.0 Å². The van der Waals surface area contributed by atoms with Gasteiger partial charge in [0.25, 0.3) is 0 Å². The first-order valence-corrected chi connectivity index (χ1v) is 5.87. The molecule has 1 heterocycles. The molecule has 0 bridgehead atoms. The van der Waals surface area contributed by atoms with Gasteiger partial charge in [-0.15, -0.1) is 0 Å². The number of nitrogens with zero attached hydrogens (tertiary/aromatic N) is 2. The molecule has 0 amide bonds. The predicted molar refractivity (Wildman–Crippen MR) is 72.0 cm³/mol. The molecular weight excluding hydrogens is 264 g/mol. The number of methoxy groups -OCH3 is 1. The van der Waals surface area contributed by atoms with Crippen LogP contribution in [0.2, 0.25) is 0 Å². The molecule has 0 atom stereocenters. The number of anilines is 1. The topological polar surface area (TPSA) is 53.1 Å². The van der Waals surface area contributed by atoms with E-state index in [0.717, 1.165) is 0 Å². The molecule has 2 N–H and O–H groups in total. The van der Waals surface area contributed by atoms with Crippen LogP contribution in [0.15, 0.2) is 36.4 Å². The van der Waals surface area contributed by atoms with Gasteiger partial charge in [-0.3, -0.25) is 4.57 Å². The Bertz CT molecular complexity index is 798. The van der Waals surface area contributed by atoms with Crippen LogP contribution in [0.25, 0.3) is 16.7 Å². The van der Waals surface area contributed by atoms with Crippen LogP contribution in [0.5, 0.6) is 5.75 Å². The van der Waals surface area contributed by atoms with Crippen molar-refractivity contribution in [3.8, 4) is 11.4 Å². The summed E-state index contributed by atoms with van der Waals surface area (Å²) in [5, 5.41) is 0. The summed E-state index contributed by atoms with van der Waals surface area (Å²) in [6, 6.07) is 8.28. The van der Waals surface area contributed by atoms with Gasteiger partial charge in [0, 0.05) is 12.1 Å². The molecule has 0 saturated heterocycles. The first-order chi connectivity index (χ1) is 9.60. The number of halogens is 2. The van der Waals surface area contributed by atoms with E-state index in [9.17, 15) is 8.78 Å². The molecule has 0 unspecified atom stereocenters. The molecule has 3 aromatic rings. The lowest BCUT2D eigenvalue weighted by Crippen LogP contribution is -2.03. The lowest BCUT2D eigenvalue weighted by atomic mass is 10.2. The van der Waals surface area contributed by atoms with Crippen molar-refractivity contribution in [3.63, 3.8) is 0 Å². The number of ether oxygens (including phenoxy) is 1. The number of fused-ring (bicyclic) bond motifs is 1. The third kappa shape index (κ3) is 1.85. The van der Waals surface area contributed by atoms with Crippen molar-refractivity contribution in [1.82, 2.24) is 9.55 Å². The Labute approximate surface area is 113 Å². The number of hydrogen-bond acceptors (Lipinski definition) is 3. The summed E-state index contributed by atoms with van der Waals surface area (Å²) < 4.78 is 33.8. The van der Waals surface area contributed by atoms with Crippen molar-refractivity contribution in [1.29, 1.82) is 0 Å². The molecule has 20 heavy (non-hydrogen) atoms. The highest BCUT2D eigenvalue weighted by atomic mass is 19.1. The Kier molecular flexibility index (Phi) is 2.78. The van der Waals surface area contributed by atoms with Gasteiger partial charge in [-0.2, -0.15) is 0 Å². The zero-order chi connectivity index (χ0) is 14.3. The second-order valence-corrected chi connectivity index (χ2v) is 4.26. The van der Waals surface area contributed by atoms with Gasteiger partial charge in [0.05, 0.1) is 23.8 Å². The summed E-state index contributed by atoms with van der Waals surface area (Å²) in [6.45, 7) is 0. The molecule has 0 radical (unpaired) electrons. The van der Waals surface area contributed by atoms with E-state index in [1.165, 1.54) is 48.1 Å². The lowest BCUT2D eigenvalue weighted by Gasteiger charge is -2.09. The summed E-state index contributed by atoms with van der Waals surface area (Å²) in [5.41, 5.74) is 6.87. The highest BCUT2D eigenvalue weighted by molar-refractivity contribution is 5.81. The zero-order valence-electron chi connectivity index (χ0n) is 10.6. The summed E-state index contributed by atoms with van der Waals surface area (Å²) in [5.74, 6) is -0.389. The van der Waals surface area contributed by atoms with Gasteiger partial charge in [-0.25, -0.2) is 13.8 Å². The smallest absolute Gasteiger partial charge is 0.206 e. The number of imidazole rings is 1. The monoisotopic (exact) mass is 275 g/mol. The molecule has 0 aliphatic rings. The Morgan fingerprint density at radius 1 is 1.15 bits per heavy atom. The van der Waals surface area contributed by atoms with E-state index in [2.05, 4.69) is 4.98 Å². The SMILES string of the molecule is COc1ccc(F)c(-n2c(N)nc3ccc(F)cc32)c1. The standard InChI is InChI=1S/C14H11F2N3O/c1-20-9-3-4-10(16)12(7-9)19-13-6-8(15)2-5-11(13)18-14(19)17/h2-7H,1H3,(H2,17,18). The normalized spacial score (nSPS) is 10.9. The average Bonchev–Trinajstić information content (AvgIpc) is 2.75. The van der Waals surface area contributed by atoms with E-state index in [4.69, 9.17) is 10.5 Å². The van der Waals surface area contributed by atoms with Gasteiger partial charge in [0.2, 0.25) is 5.95 Å². The van der Waals surface area contributed by atoms with Crippen LogP contribution in [0, 0.1) is 11.6 Å². The van der Waals surface area contributed by atoms with E-state index in [1.807, 2.05) is 0 Å². The molecule has 6 heteroatoms. The largest absolute Gasteiger partial charge is 0.497 e. The molecule has 0 aliphatic heterocycles. The second-order valence-electron chi connectivity index (χ2n) is 4.26. The maximum atomic E-state index is 14.0. The number of rotatable bonds is 2. The molecule has 0 saturated carbocycles. The molecule has 0 spiro atoms. The van der Waals surface area contributed by atoms with Crippen molar-refractivity contribution in [2.24, 2.45) is 0 Å². The summed E-state index contributed by atoms with van der Waals surface area (Å²) in [4.78, 5) is 4.09. The Balaban J connectivity index is 2.34. The van der Waals surface area contributed by atoms with Gasteiger partial charge in [0.15, 0.2) is 0 Å². The zero-order valence-corrected chi connectivity index (χ0v) is 10.6. The fraction of sp³-hybridized carbons (Fsp3) is 0.0714. The van der Waals surface area contributed by atoms with Crippen LogP contribution in [0.4, 0.5) is 14.7 Å². The van der Waals surface area contributed by atoms with Crippen molar-refractivity contribution in [3.05, 3.63) is 48.0 Å². The molecular formula is C14H11F2N3O. The molecule has 0 aliphatic carbocycles. The van der Waals surface area contributed by atoms with Gasteiger partial charge in [0.1, 0.15) is 17.4 Å². The van der Waals surface area contributed by atoms with Gasteiger partial charge in [-0.05, 0) is 24.3 Å². The number of nitrogens with two attached hydrogens (primary N) is 1. The van der Waals surface area contributed by atoms with Crippen LogP contribution in [0.3, 0.4) is 0 Å². The second kappa shape index (κ2) is 4.48. The van der Waals surface area contributed by atoms with E-state index in [0.29, 0.717) is 16.8 Å². The quantitative estimate of drug-likeness (QED) is 0.782. The molecule has 0 fully saturated rings. The van der Waals surface area contributed by atoms with Crippen molar-refractivity contribution in [2.75, 3.05) is 12.8 Å². The highest BCUT2D eigenvalue weighted by Gasteiger charge is 2.15. The van der Waals surface area contributed by atoms with Crippen LogP contribution in [-0.2, 0) is 0 Å². The fourth-order valence-electron chi connectivity index (χ4n) is 2.11. The maximum absolute atomic E-state index is 14.0. The number of nitrogen functional groups attached to an aromatic ring is 1. The lowest BCUT2D eigenvalue weighted by molar-refractivity contribution is 0.413. The Hall–Kier alpha value is -2.63. The number of benzene rings is 2. The summed E-state index contributed by atoms with van der Waals surface area (Å²) >= 11 is 0. The summed E-state index contributed by atoms with van der Waals surface area (Å²) in [6.07, 6.45) is 0. The molecule has 4 nitrogen and oxygen atoms in total. The first-order valence-electron chi connectivity index (χ1n) is 5.87. The van der Waals surface area contributed by atoms with Gasteiger partial charge >= 0.3 is 0 Å². The van der Waals surface area contributed by atoms with Crippen molar-refractivity contribution in [2.45, 2.75) is 0 Å². The third-order valence-corrected chi connectivity index (χ3v) is 3.04. The van der Waals surface area contributed by atoms with Crippen LogP contribution >= 0.6 is 0 Å². The molecule has 102 valence electrons. The predicted octanol–water partition coefficient (Wildman–Crippen LogP) is 2.89. The minimum Gasteiger partial charge on any atom is -0.497 e. The van der Waals surface area contributed by atoms with E-state index < -0.39 is 11.6 Å². The number of hydrogen-bond donors (Lipinski definition) is 1. The van der Waals surface area contributed by atoms with E-state index in [1.54, 1.807) is 0 Å². The van der Waals surface area contributed by atoms with Crippen LogP contribution < -0.4 is 10.5 Å².